The monoisotopic (exact) mass is 376 g/mol. The summed E-state index contributed by atoms with van der Waals surface area (Å²) in [4.78, 5) is 12.7. The molecule has 0 saturated heterocycles. The second kappa shape index (κ2) is 7.09. The first kappa shape index (κ1) is 16.5. The molecule has 136 valence electrons. The van der Waals surface area contributed by atoms with Crippen LogP contribution in [0.2, 0.25) is 0 Å². The molecule has 1 aliphatic heterocycles. The number of carbonyl (C=O) groups is 1. The molecule has 0 saturated carbocycles. The molecule has 1 heterocycles. The quantitative estimate of drug-likeness (QED) is 0.769. The van der Waals surface area contributed by atoms with Crippen LogP contribution in [0.3, 0.4) is 0 Å². The van der Waals surface area contributed by atoms with Gasteiger partial charge in [-0.15, -0.1) is 0 Å². The van der Waals surface area contributed by atoms with E-state index in [1.165, 1.54) is 19.2 Å². The minimum absolute atomic E-state index is 0.133. The summed E-state index contributed by atoms with van der Waals surface area (Å²) in [5, 5.41) is 0. The Morgan fingerprint density at radius 3 is 2.62 bits per heavy atom. The highest BCUT2D eigenvalue weighted by molar-refractivity contribution is 7.86. The van der Waals surface area contributed by atoms with E-state index in [1.807, 2.05) is 0 Å². The van der Waals surface area contributed by atoms with Gasteiger partial charge in [0.25, 0.3) is 0 Å². The lowest BCUT2D eigenvalue weighted by Crippen LogP contribution is -2.16. The molecule has 1 aliphatic rings. The number of benzene rings is 2. The zero-order valence-electron chi connectivity index (χ0n) is 14.8. The van der Waals surface area contributed by atoms with Crippen molar-refractivity contribution in [3.63, 3.8) is 0 Å². The van der Waals surface area contributed by atoms with Gasteiger partial charge >= 0.3 is 10.1 Å². The first-order valence-corrected chi connectivity index (χ1v) is 9.17. The smallest absolute Gasteiger partial charge is 0.313 e. The van der Waals surface area contributed by atoms with Crippen molar-refractivity contribution in [2.45, 2.75) is 11.8 Å². The Hall–Kier alpha value is -3.00. The van der Waals surface area contributed by atoms with E-state index in [0.29, 0.717) is 11.3 Å². The summed E-state index contributed by atoms with van der Waals surface area (Å²) in [5.41, 5.74) is 6.26. The minimum Gasteiger partial charge on any atom is -0.497 e. The van der Waals surface area contributed by atoms with Gasteiger partial charge in [0.15, 0.2) is 6.08 Å². The molecule has 0 fully saturated rings. The van der Waals surface area contributed by atoms with Crippen LogP contribution in [-0.2, 0) is 29.6 Å². The van der Waals surface area contributed by atoms with E-state index in [1.54, 1.807) is 42.5 Å². The van der Waals surface area contributed by atoms with Crippen molar-refractivity contribution in [3.05, 3.63) is 77.4 Å². The van der Waals surface area contributed by atoms with Crippen LogP contribution in [0.5, 0.6) is 5.75 Å². The molecular formula is C18H17NO6S. The lowest BCUT2D eigenvalue weighted by molar-refractivity contribution is -0.123. The van der Waals surface area contributed by atoms with Crippen LogP contribution in [0.1, 0.15) is 18.6 Å². The average molecular weight is 376 g/mol. The molecule has 0 spiro atoms. The number of rotatable bonds is 6. The summed E-state index contributed by atoms with van der Waals surface area (Å²) in [6.45, 7) is 0. The van der Waals surface area contributed by atoms with Crippen molar-refractivity contribution in [2.75, 3.05) is 7.11 Å². The third-order valence-corrected chi connectivity index (χ3v) is 4.68. The van der Waals surface area contributed by atoms with Gasteiger partial charge in [0.1, 0.15) is 11.5 Å². The van der Waals surface area contributed by atoms with Crippen LogP contribution in [0, 0.1) is 0 Å². The van der Waals surface area contributed by atoms with E-state index in [-0.39, 0.29) is 5.56 Å². The van der Waals surface area contributed by atoms with E-state index >= 15 is 0 Å². The Bertz CT molecular complexity index is 1010. The fourth-order valence-electron chi connectivity index (χ4n) is 2.39. The van der Waals surface area contributed by atoms with Crippen molar-refractivity contribution in [2.24, 2.45) is 5.73 Å². The number of methoxy groups -OCH3 is 1. The lowest BCUT2D eigenvalue weighted by atomic mass is 10.1. The second-order valence-corrected chi connectivity index (χ2v) is 7.03. The molecule has 2 aromatic rings. The highest BCUT2D eigenvalue weighted by Crippen LogP contribution is 2.33. The molecular weight excluding hydrogens is 358 g/mol. The number of Topliss-reactive ketones (excluding diaryl/α,β-unsaturated/α-hetero) is 1. The molecule has 0 aliphatic carbocycles. The number of carbonyl (C=O) groups excluding carboxylic acids is 1. The number of nitrogens with two attached hydrogens (primary N) is 1. The van der Waals surface area contributed by atoms with Crippen molar-refractivity contribution >= 4 is 15.9 Å². The van der Waals surface area contributed by atoms with Crippen molar-refractivity contribution in [1.82, 2.24) is 0 Å². The lowest BCUT2D eigenvalue weighted by Gasteiger charge is -2.11. The molecule has 2 aromatic carbocycles. The molecule has 2 N–H and O–H groups in total. The van der Waals surface area contributed by atoms with Gasteiger partial charge in [-0.1, -0.05) is 42.5 Å². The van der Waals surface area contributed by atoms with Crippen LogP contribution in [0.25, 0.3) is 0 Å². The molecule has 8 heteroatoms. The van der Waals surface area contributed by atoms with E-state index in [0.717, 1.165) is 0 Å². The number of hydrogen-bond donors (Lipinski definition) is 1. The fourth-order valence-corrected chi connectivity index (χ4v) is 3.46. The van der Waals surface area contributed by atoms with Crippen molar-refractivity contribution in [1.29, 1.82) is 0 Å². The summed E-state index contributed by atoms with van der Waals surface area (Å²) >= 11 is 0. The Balaban J connectivity index is 1.85. The van der Waals surface area contributed by atoms with Gasteiger partial charge in [-0.2, -0.15) is 8.42 Å². The Labute approximate surface area is 152 Å². The van der Waals surface area contributed by atoms with E-state index in [9.17, 15) is 13.2 Å². The summed E-state index contributed by atoms with van der Waals surface area (Å²) in [5.74, 6) is -2.33. The van der Waals surface area contributed by atoms with Gasteiger partial charge < -0.3 is 19.4 Å². The Morgan fingerprint density at radius 1 is 1.19 bits per heavy atom. The number of ether oxygens (including phenoxy) is 2. The Kier molecular flexibility index (Phi) is 4.49. The Morgan fingerprint density at radius 2 is 1.92 bits per heavy atom. The molecule has 0 aromatic heterocycles. The zero-order chi connectivity index (χ0) is 19.7. The molecule has 0 unspecified atom stereocenters. The van der Waals surface area contributed by atoms with Gasteiger partial charge in [-0.05, 0) is 17.7 Å². The molecule has 7 nitrogen and oxygen atoms in total. The summed E-state index contributed by atoms with van der Waals surface area (Å²) < 4.78 is 48.1. The first-order chi connectivity index (χ1) is 12.7. The van der Waals surface area contributed by atoms with Gasteiger partial charge in [-0.25, -0.2) is 0 Å². The standard InChI is InChI=1S/C18H17NO6S/c1-23-14-9-5-8-13(10-14)16-15(20)17(18(19)24-16)25-26(21,22)11-12-6-3-2-4-7-12/h2-10,16H,11,19H2,1H3/t16-/m1/s1/i16D. The SMILES string of the molecule is [2H][C@]1(c2cccc(OC)c2)OC(N)=C(OS(=O)(=O)Cc2ccccc2)C1=O. The van der Waals surface area contributed by atoms with Gasteiger partial charge in [0.2, 0.25) is 17.4 Å². The maximum atomic E-state index is 12.7. The van der Waals surface area contributed by atoms with E-state index in [2.05, 4.69) is 0 Å². The number of ketones is 1. The summed E-state index contributed by atoms with van der Waals surface area (Å²) in [6.07, 6.45) is -2.25. The number of hydrogen-bond acceptors (Lipinski definition) is 7. The molecule has 1 atom stereocenters. The molecule has 26 heavy (non-hydrogen) atoms. The average Bonchev–Trinajstić information content (AvgIpc) is 2.86. The van der Waals surface area contributed by atoms with Crippen LogP contribution < -0.4 is 10.5 Å². The van der Waals surface area contributed by atoms with Gasteiger partial charge in [-0.3, -0.25) is 4.79 Å². The largest absolute Gasteiger partial charge is 0.497 e. The summed E-state index contributed by atoms with van der Waals surface area (Å²) in [7, 11) is -2.74. The van der Waals surface area contributed by atoms with Gasteiger partial charge in [0.05, 0.1) is 8.48 Å². The van der Waals surface area contributed by atoms with Crippen molar-refractivity contribution in [3.8, 4) is 5.75 Å². The van der Waals surface area contributed by atoms with Crippen molar-refractivity contribution < 1.29 is 28.2 Å². The predicted molar refractivity (Wildman–Crippen MR) is 93.2 cm³/mol. The highest BCUT2D eigenvalue weighted by Gasteiger charge is 2.39. The third kappa shape index (κ3) is 3.80. The van der Waals surface area contributed by atoms with Crippen LogP contribution in [0.15, 0.2) is 66.2 Å². The van der Waals surface area contributed by atoms with Crippen LogP contribution in [-0.4, -0.2) is 21.3 Å². The minimum atomic E-state index is -4.18. The highest BCUT2D eigenvalue weighted by atomic mass is 32.2. The topological polar surface area (TPSA) is 105 Å². The van der Waals surface area contributed by atoms with Gasteiger partial charge in [0, 0.05) is 5.56 Å². The molecule has 0 amide bonds. The normalized spacial score (nSPS) is 20.5. The second-order valence-electron chi connectivity index (χ2n) is 5.46. The van der Waals surface area contributed by atoms with Crippen LogP contribution in [0.4, 0.5) is 0 Å². The van der Waals surface area contributed by atoms with Crippen LogP contribution >= 0.6 is 0 Å². The maximum Gasteiger partial charge on any atom is 0.313 e. The first-order valence-electron chi connectivity index (χ1n) is 8.09. The predicted octanol–water partition coefficient (Wildman–Crippen LogP) is 2.01. The zero-order valence-corrected chi connectivity index (χ0v) is 14.7. The molecule has 3 rings (SSSR count). The van der Waals surface area contributed by atoms with E-state index in [4.69, 9.17) is 20.8 Å². The third-order valence-electron chi connectivity index (χ3n) is 3.58. The molecule has 0 radical (unpaired) electrons. The van der Waals surface area contributed by atoms with E-state index < -0.39 is 39.4 Å². The maximum absolute atomic E-state index is 12.7. The summed E-state index contributed by atoms with van der Waals surface area (Å²) in [6, 6.07) is 14.4. The fraction of sp³-hybridized carbons (Fsp3) is 0.167. The molecule has 0 bridgehead atoms.